The minimum absolute atomic E-state index is 0. The molecule has 0 atom stereocenters. The van der Waals surface area contributed by atoms with Crippen LogP contribution < -0.4 is 16.0 Å². The Bertz CT molecular complexity index is 347. The molecule has 1 saturated heterocycles. The monoisotopic (exact) mass is 395 g/mol. The first-order valence-corrected chi connectivity index (χ1v) is 9.75. The predicted octanol–water partition coefficient (Wildman–Crippen LogP) is 1.96. The normalized spacial score (nSPS) is 14.7. The molecule has 0 aromatic heterocycles. The summed E-state index contributed by atoms with van der Waals surface area (Å²) >= 11 is 10.7. The van der Waals surface area contributed by atoms with Gasteiger partial charge in [0.1, 0.15) is 0 Å². The number of rotatable bonds is 9. The van der Waals surface area contributed by atoms with E-state index in [0.717, 1.165) is 69.0 Å². The van der Waals surface area contributed by atoms with Crippen LogP contribution in [0, 0.1) is 0 Å². The number of halogens is 1. The van der Waals surface area contributed by atoms with Crippen LogP contribution in [0.25, 0.3) is 0 Å². The number of hydrogen-bond acceptors (Lipinski definition) is 3. The second-order valence-corrected chi connectivity index (χ2v) is 6.75. The maximum Gasteiger partial charge on any atom is 0.169 e. The highest BCUT2D eigenvalue weighted by atomic mass is 35.5. The summed E-state index contributed by atoms with van der Waals surface area (Å²) in [4.78, 5) is 4.75. The van der Waals surface area contributed by atoms with Crippen LogP contribution in [0.4, 0.5) is 0 Å². The van der Waals surface area contributed by atoms with Crippen molar-refractivity contribution in [2.75, 3.05) is 52.4 Å². The van der Waals surface area contributed by atoms with E-state index in [1.807, 2.05) is 0 Å². The van der Waals surface area contributed by atoms with Gasteiger partial charge >= 0.3 is 0 Å². The largest absolute Gasteiger partial charge is 0.363 e. The van der Waals surface area contributed by atoms with Crippen molar-refractivity contribution in [1.29, 1.82) is 0 Å². The molecule has 8 heteroatoms. The van der Waals surface area contributed by atoms with Crippen molar-refractivity contribution in [2.24, 2.45) is 0 Å². The highest BCUT2D eigenvalue weighted by Gasteiger charge is 2.18. The summed E-state index contributed by atoms with van der Waals surface area (Å²) in [6.07, 6.45) is 4.73. The van der Waals surface area contributed by atoms with Gasteiger partial charge in [0.15, 0.2) is 10.2 Å². The van der Waals surface area contributed by atoms with Gasteiger partial charge in [-0.15, -0.1) is 12.4 Å². The molecule has 0 spiro atoms. The van der Waals surface area contributed by atoms with Crippen LogP contribution in [-0.2, 0) is 0 Å². The minimum atomic E-state index is 0. The zero-order valence-electron chi connectivity index (χ0n) is 15.1. The van der Waals surface area contributed by atoms with E-state index in [2.05, 4.69) is 39.6 Å². The molecule has 1 fully saturated rings. The van der Waals surface area contributed by atoms with E-state index < -0.39 is 0 Å². The first-order valence-electron chi connectivity index (χ1n) is 8.94. The molecule has 1 aliphatic rings. The number of piperazine rings is 1. The molecule has 1 aliphatic heterocycles. The first-order chi connectivity index (χ1) is 11.2. The van der Waals surface area contributed by atoms with Gasteiger partial charge in [0, 0.05) is 52.4 Å². The Labute approximate surface area is 164 Å². The van der Waals surface area contributed by atoms with Crippen LogP contribution in [0.3, 0.4) is 0 Å². The lowest BCUT2D eigenvalue weighted by molar-refractivity contribution is 0.184. The van der Waals surface area contributed by atoms with Crippen molar-refractivity contribution < 1.29 is 0 Å². The van der Waals surface area contributed by atoms with Gasteiger partial charge in [-0.25, -0.2) is 0 Å². The fraction of sp³-hybridized carbons (Fsp3) is 0.875. The van der Waals surface area contributed by atoms with E-state index in [9.17, 15) is 0 Å². The summed E-state index contributed by atoms with van der Waals surface area (Å²) in [5.74, 6) is 0. The molecule has 0 saturated carbocycles. The molecule has 1 rings (SSSR count). The van der Waals surface area contributed by atoms with Crippen molar-refractivity contribution in [3.63, 3.8) is 0 Å². The average molecular weight is 396 g/mol. The Hall–Kier alpha value is -0.370. The predicted molar refractivity (Wildman–Crippen MR) is 114 cm³/mol. The maximum atomic E-state index is 5.46. The number of unbranched alkanes of at least 4 members (excludes halogenated alkanes) is 2. The molecular formula is C16H34ClN5S2. The van der Waals surface area contributed by atoms with E-state index >= 15 is 0 Å². The van der Waals surface area contributed by atoms with Crippen LogP contribution in [0.2, 0.25) is 0 Å². The Morgan fingerprint density at radius 2 is 1.38 bits per heavy atom. The highest BCUT2D eigenvalue weighted by molar-refractivity contribution is 7.80. The van der Waals surface area contributed by atoms with Gasteiger partial charge in [-0.05, 0) is 37.3 Å². The second kappa shape index (κ2) is 14.9. The topological polar surface area (TPSA) is 42.6 Å². The third kappa shape index (κ3) is 10.5. The summed E-state index contributed by atoms with van der Waals surface area (Å²) in [6.45, 7) is 12.4. The van der Waals surface area contributed by atoms with Crippen LogP contribution in [0.15, 0.2) is 0 Å². The van der Waals surface area contributed by atoms with Crippen LogP contribution in [0.5, 0.6) is 0 Å². The number of nitrogens with one attached hydrogen (secondary N) is 3. The quantitative estimate of drug-likeness (QED) is 0.407. The average Bonchev–Trinajstić information content (AvgIpc) is 2.56. The van der Waals surface area contributed by atoms with Crippen molar-refractivity contribution in [1.82, 2.24) is 25.8 Å². The molecule has 0 aliphatic carbocycles. The standard InChI is InChI=1S/C16H33N5S2.ClH/c1-3-5-7-17-15(22)18-9-10-20-11-13-21(14-12-20)16(23)19-8-6-4-2;/h3-14H2,1-2H3,(H,19,23)(H2,17,18,22);1H. The number of nitrogens with zero attached hydrogens (tertiary/aromatic N) is 2. The molecule has 5 nitrogen and oxygen atoms in total. The van der Waals surface area contributed by atoms with Gasteiger partial charge in [0.25, 0.3) is 0 Å². The van der Waals surface area contributed by atoms with Gasteiger partial charge < -0.3 is 20.9 Å². The van der Waals surface area contributed by atoms with Crippen molar-refractivity contribution >= 4 is 47.1 Å². The lowest BCUT2D eigenvalue weighted by Gasteiger charge is -2.36. The van der Waals surface area contributed by atoms with E-state index in [-0.39, 0.29) is 12.4 Å². The summed E-state index contributed by atoms with van der Waals surface area (Å²) in [5, 5.41) is 11.6. The summed E-state index contributed by atoms with van der Waals surface area (Å²) in [7, 11) is 0. The molecule has 0 aromatic carbocycles. The zero-order chi connectivity index (χ0) is 16.9. The van der Waals surface area contributed by atoms with Gasteiger partial charge in [0.2, 0.25) is 0 Å². The highest BCUT2D eigenvalue weighted by Crippen LogP contribution is 2.02. The summed E-state index contributed by atoms with van der Waals surface area (Å²) in [5.41, 5.74) is 0. The fourth-order valence-corrected chi connectivity index (χ4v) is 2.92. The third-order valence-electron chi connectivity index (χ3n) is 4.00. The molecule has 0 amide bonds. The van der Waals surface area contributed by atoms with Crippen molar-refractivity contribution in [3.8, 4) is 0 Å². The Balaban J connectivity index is 0.00000529. The Morgan fingerprint density at radius 3 is 1.96 bits per heavy atom. The van der Waals surface area contributed by atoms with Crippen LogP contribution in [-0.4, -0.2) is 72.4 Å². The Morgan fingerprint density at radius 1 is 0.833 bits per heavy atom. The molecule has 0 bridgehead atoms. The van der Waals surface area contributed by atoms with Gasteiger partial charge in [-0.2, -0.15) is 0 Å². The lowest BCUT2D eigenvalue weighted by Crippen LogP contribution is -2.53. The van der Waals surface area contributed by atoms with Crippen LogP contribution in [0.1, 0.15) is 39.5 Å². The molecule has 1 heterocycles. The van der Waals surface area contributed by atoms with Crippen LogP contribution >= 0.6 is 36.8 Å². The SMILES string of the molecule is CCCCNC(=S)NCCN1CCN(C(=S)NCCCC)CC1.Cl. The molecule has 0 radical (unpaired) electrons. The van der Waals surface area contributed by atoms with Gasteiger partial charge in [-0.1, -0.05) is 26.7 Å². The lowest BCUT2D eigenvalue weighted by atomic mass is 10.3. The maximum absolute atomic E-state index is 5.46. The molecule has 0 aromatic rings. The van der Waals surface area contributed by atoms with Gasteiger partial charge in [0.05, 0.1) is 0 Å². The van der Waals surface area contributed by atoms with Gasteiger partial charge in [-0.3, -0.25) is 4.90 Å². The van der Waals surface area contributed by atoms with Crippen molar-refractivity contribution in [3.05, 3.63) is 0 Å². The first kappa shape index (κ1) is 23.6. The molecule has 3 N–H and O–H groups in total. The summed E-state index contributed by atoms with van der Waals surface area (Å²) < 4.78 is 0. The molecule has 142 valence electrons. The molecule has 24 heavy (non-hydrogen) atoms. The molecular weight excluding hydrogens is 362 g/mol. The third-order valence-corrected chi connectivity index (χ3v) is 4.69. The van der Waals surface area contributed by atoms with E-state index in [0.29, 0.717) is 0 Å². The number of thiocarbonyl (C=S) groups is 2. The smallest absolute Gasteiger partial charge is 0.169 e. The van der Waals surface area contributed by atoms with E-state index in [1.54, 1.807) is 0 Å². The fourth-order valence-electron chi connectivity index (χ4n) is 2.43. The Kier molecular flexibility index (Phi) is 14.7. The van der Waals surface area contributed by atoms with E-state index in [1.165, 1.54) is 19.3 Å². The zero-order valence-corrected chi connectivity index (χ0v) is 17.6. The number of hydrogen-bond donors (Lipinski definition) is 3. The molecule has 0 unspecified atom stereocenters. The second-order valence-electron chi connectivity index (χ2n) is 5.95. The van der Waals surface area contributed by atoms with Crippen molar-refractivity contribution in [2.45, 2.75) is 39.5 Å². The van der Waals surface area contributed by atoms with E-state index in [4.69, 9.17) is 24.4 Å². The minimum Gasteiger partial charge on any atom is -0.363 e. The summed E-state index contributed by atoms with van der Waals surface area (Å²) in [6, 6.07) is 0.